The standard InChI is InChI=1S/C11H21NO/c1-10(8-11-2-3-11)9-12-4-6-13-7-5-12/h10-11H,2-9H2,1H3/t10-/m0/s1. The molecule has 0 bridgehead atoms. The summed E-state index contributed by atoms with van der Waals surface area (Å²) in [5, 5.41) is 0. The van der Waals surface area contributed by atoms with E-state index < -0.39 is 0 Å². The lowest BCUT2D eigenvalue weighted by Crippen LogP contribution is -2.38. The van der Waals surface area contributed by atoms with Crippen molar-refractivity contribution in [3.05, 3.63) is 0 Å². The van der Waals surface area contributed by atoms with Gasteiger partial charge in [-0.25, -0.2) is 0 Å². The molecular formula is C11H21NO. The van der Waals surface area contributed by atoms with Crippen molar-refractivity contribution >= 4 is 0 Å². The smallest absolute Gasteiger partial charge is 0.0594 e. The van der Waals surface area contributed by atoms with Crippen LogP contribution in [0.4, 0.5) is 0 Å². The van der Waals surface area contributed by atoms with Gasteiger partial charge in [-0.2, -0.15) is 0 Å². The minimum absolute atomic E-state index is 0.894. The van der Waals surface area contributed by atoms with Crippen molar-refractivity contribution in [3.63, 3.8) is 0 Å². The zero-order valence-electron chi connectivity index (χ0n) is 8.67. The first kappa shape index (κ1) is 9.47. The van der Waals surface area contributed by atoms with Crippen LogP contribution in [0.2, 0.25) is 0 Å². The highest BCUT2D eigenvalue weighted by atomic mass is 16.5. The Morgan fingerprint density at radius 2 is 2.00 bits per heavy atom. The van der Waals surface area contributed by atoms with Gasteiger partial charge in [-0.1, -0.05) is 19.8 Å². The molecule has 1 saturated carbocycles. The molecule has 0 aromatic heterocycles. The Hall–Kier alpha value is -0.0800. The lowest BCUT2D eigenvalue weighted by atomic mass is 10.0. The van der Waals surface area contributed by atoms with Crippen LogP contribution >= 0.6 is 0 Å². The molecule has 2 heteroatoms. The van der Waals surface area contributed by atoms with Crippen molar-refractivity contribution in [1.29, 1.82) is 0 Å². The van der Waals surface area contributed by atoms with Crippen molar-refractivity contribution in [2.75, 3.05) is 32.8 Å². The summed E-state index contributed by atoms with van der Waals surface area (Å²) in [4.78, 5) is 2.55. The fourth-order valence-corrected chi connectivity index (χ4v) is 2.22. The van der Waals surface area contributed by atoms with E-state index in [0.29, 0.717) is 0 Å². The molecule has 0 spiro atoms. The first-order chi connectivity index (χ1) is 6.34. The van der Waals surface area contributed by atoms with E-state index in [4.69, 9.17) is 4.74 Å². The molecule has 1 aliphatic heterocycles. The summed E-state index contributed by atoms with van der Waals surface area (Å²) in [6.45, 7) is 7.87. The summed E-state index contributed by atoms with van der Waals surface area (Å²) >= 11 is 0. The first-order valence-corrected chi connectivity index (χ1v) is 5.64. The number of hydrogen-bond donors (Lipinski definition) is 0. The largest absolute Gasteiger partial charge is 0.379 e. The molecule has 1 saturated heterocycles. The maximum atomic E-state index is 5.33. The van der Waals surface area contributed by atoms with Gasteiger partial charge in [-0.05, 0) is 18.3 Å². The molecule has 2 aliphatic rings. The molecule has 13 heavy (non-hydrogen) atoms. The van der Waals surface area contributed by atoms with Gasteiger partial charge in [0.25, 0.3) is 0 Å². The zero-order valence-corrected chi connectivity index (χ0v) is 8.67. The van der Waals surface area contributed by atoms with Crippen LogP contribution in [0.3, 0.4) is 0 Å². The van der Waals surface area contributed by atoms with Gasteiger partial charge in [-0.15, -0.1) is 0 Å². The maximum absolute atomic E-state index is 5.33. The highest BCUT2D eigenvalue weighted by molar-refractivity contribution is 4.77. The minimum Gasteiger partial charge on any atom is -0.379 e. The molecule has 2 rings (SSSR count). The molecule has 0 amide bonds. The Morgan fingerprint density at radius 3 is 2.62 bits per heavy atom. The van der Waals surface area contributed by atoms with E-state index in [-0.39, 0.29) is 0 Å². The molecule has 1 heterocycles. The van der Waals surface area contributed by atoms with E-state index in [0.717, 1.165) is 38.1 Å². The number of ether oxygens (including phenoxy) is 1. The van der Waals surface area contributed by atoms with E-state index in [2.05, 4.69) is 11.8 Å². The van der Waals surface area contributed by atoms with Crippen LogP contribution in [0.15, 0.2) is 0 Å². The van der Waals surface area contributed by atoms with Gasteiger partial charge in [0.2, 0.25) is 0 Å². The predicted molar refractivity (Wildman–Crippen MR) is 53.8 cm³/mol. The second-order valence-corrected chi connectivity index (χ2v) is 4.70. The van der Waals surface area contributed by atoms with Crippen LogP contribution < -0.4 is 0 Å². The lowest BCUT2D eigenvalue weighted by molar-refractivity contribution is 0.0309. The molecule has 0 aromatic carbocycles. The van der Waals surface area contributed by atoms with Crippen molar-refractivity contribution in [3.8, 4) is 0 Å². The molecular weight excluding hydrogens is 162 g/mol. The highest BCUT2D eigenvalue weighted by Gasteiger charge is 2.24. The molecule has 1 aliphatic carbocycles. The molecule has 0 unspecified atom stereocenters. The molecule has 0 aromatic rings. The van der Waals surface area contributed by atoms with Gasteiger partial charge in [0, 0.05) is 19.6 Å². The normalized spacial score (nSPS) is 27.5. The molecule has 2 nitrogen and oxygen atoms in total. The van der Waals surface area contributed by atoms with E-state index in [1.165, 1.54) is 25.8 Å². The predicted octanol–water partition coefficient (Wildman–Crippen LogP) is 1.75. The second kappa shape index (κ2) is 4.43. The van der Waals surface area contributed by atoms with Gasteiger partial charge < -0.3 is 4.74 Å². The Balaban J connectivity index is 1.62. The van der Waals surface area contributed by atoms with Gasteiger partial charge in [0.15, 0.2) is 0 Å². The summed E-state index contributed by atoms with van der Waals surface area (Å²) < 4.78 is 5.33. The van der Waals surface area contributed by atoms with Crippen LogP contribution in [-0.4, -0.2) is 37.7 Å². The average molecular weight is 183 g/mol. The summed E-state index contributed by atoms with van der Waals surface area (Å²) in [6.07, 6.45) is 4.44. The number of morpholine rings is 1. The monoisotopic (exact) mass is 183 g/mol. The zero-order chi connectivity index (χ0) is 9.10. The van der Waals surface area contributed by atoms with Crippen molar-refractivity contribution in [1.82, 2.24) is 4.90 Å². The summed E-state index contributed by atoms with van der Waals surface area (Å²) in [5.41, 5.74) is 0. The summed E-state index contributed by atoms with van der Waals surface area (Å²) in [7, 11) is 0. The number of hydrogen-bond acceptors (Lipinski definition) is 2. The molecule has 1 atom stereocenters. The topological polar surface area (TPSA) is 12.5 Å². The lowest BCUT2D eigenvalue weighted by Gasteiger charge is -2.29. The number of nitrogens with zero attached hydrogens (tertiary/aromatic N) is 1. The fourth-order valence-electron chi connectivity index (χ4n) is 2.22. The van der Waals surface area contributed by atoms with E-state index in [1.54, 1.807) is 0 Å². The Bertz CT molecular complexity index is 150. The quantitative estimate of drug-likeness (QED) is 0.658. The van der Waals surface area contributed by atoms with Crippen LogP contribution in [0, 0.1) is 11.8 Å². The van der Waals surface area contributed by atoms with Crippen molar-refractivity contribution in [2.24, 2.45) is 11.8 Å². The van der Waals surface area contributed by atoms with Gasteiger partial charge in [-0.3, -0.25) is 4.90 Å². The van der Waals surface area contributed by atoms with Crippen molar-refractivity contribution in [2.45, 2.75) is 26.2 Å². The summed E-state index contributed by atoms with van der Waals surface area (Å²) in [5.74, 6) is 1.97. The maximum Gasteiger partial charge on any atom is 0.0594 e. The van der Waals surface area contributed by atoms with Gasteiger partial charge >= 0.3 is 0 Å². The molecule has 2 fully saturated rings. The molecule has 0 N–H and O–H groups in total. The van der Waals surface area contributed by atoms with Crippen LogP contribution in [0.1, 0.15) is 26.2 Å². The minimum atomic E-state index is 0.894. The Labute approximate surface area is 81.3 Å². The van der Waals surface area contributed by atoms with Gasteiger partial charge in [0.05, 0.1) is 13.2 Å². The third-order valence-corrected chi connectivity index (χ3v) is 3.11. The second-order valence-electron chi connectivity index (χ2n) is 4.70. The molecule has 0 radical (unpaired) electrons. The Morgan fingerprint density at radius 1 is 1.31 bits per heavy atom. The fraction of sp³-hybridized carbons (Fsp3) is 1.00. The third-order valence-electron chi connectivity index (χ3n) is 3.11. The average Bonchev–Trinajstić information content (AvgIpc) is 2.90. The summed E-state index contributed by atoms with van der Waals surface area (Å²) in [6, 6.07) is 0. The van der Waals surface area contributed by atoms with Crippen molar-refractivity contribution < 1.29 is 4.74 Å². The SMILES string of the molecule is C[C@@H](CC1CC1)CN1CCOCC1. The molecule has 76 valence electrons. The number of rotatable bonds is 4. The van der Waals surface area contributed by atoms with Crippen LogP contribution in [0.5, 0.6) is 0 Å². The van der Waals surface area contributed by atoms with E-state index >= 15 is 0 Å². The Kier molecular flexibility index (Phi) is 3.23. The van der Waals surface area contributed by atoms with Crippen LogP contribution in [0.25, 0.3) is 0 Å². The first-order valence-electron chi connectivity index (χ1n) is 5.64. The third kappa shape index (κ3) is 3.28. The van der Waals surface area contributed by atoms with Gasteiger partial charge in [0.1, 0.15) is 0 Å². The van der Waals surface area contributed by atoms with Crippen LogP contribution in [-0.2, 0) is 4.74 Å². The highest BCUT2D eigenvalue weighted by Crippen LogP contribution is 2.35. The van der Waals surface area contributed by atoms with E-state index in [1.807, 2.05) is 0 Å². The van der Waals surface area contributed by atoms with E-state index in [9.17, 15) is 0 Å².